The summed E-state index contributed by atoms with van der Waals surface area (Å²) in [5.74, 6) is 1.03. The van der Waals surface area contributed by atoms with Gasteiger partial charge in [0.25, 0.3) is 0 Å². The molecule has 5 nitrogen and oxygen atoms in total. The lowest BCUT2D eigenvalue weighted by molar-refractivity contribution is -0.119. The van der Waals surface area contributed by atoms with E-state index in [2.05, 4.69) is 15.2 Å². The third-order valence-corrected chi connectivity index (χ3v) is 3.51. The minimum atomic E-state index is -0.0169. The van der Waals surface area contributed by atoms with Crippen molar-refractivity contribution in [3.63, 3.8) is 0 Å². The van der Waals surface area contributed by atoms with E-state index >= 15 is 0 Å². The number of carbonyl (C=O) groups excluding carboxylic acids is 1. The van der Waals surface area contributed by atoms with Gasteiger partial charge in [0, 0.05) is 43.9 Å². The number of amides is 1. The lowest BCUT2D eigenvalue weighted by atomic mass is 10.0. The van der Waals surface area contributed by atoms with E-state index in [-0.39, 0.29) is 18.0 Å². The molecule has 1 unspecified atom stereocenters. The highest BCUT2D eigenvalue weighted by atomic mass is 16.1. The molecule has 0 aliphatic carbocycles. The second-order valence-electron chi connectivity index (χ2n) is 5.17. The summed E-state index contributed by atoms with van der Waals surface area (Å²) in [6.07, 6.45) is 3.71. The van der Waals surface area contributed by atoms with Gasteiger partial charge in [0.15, 0.2) is 0 Å². The molecule has 3 N–H and O–H groups in total. The maximum Gasteiger partial charge on any atom is 0.217 e. The van der Waals surface area contributed by atoms with Gasteiger partial charge in [-0.15, -0.1) is 0 Å². The Morgan fingerprint density at radius 1 is 1.53 bits per heavy atom. The molecule has 1 aliphatic heterocycles. The van der Waals surface area contributed by atoms with E-state index in [4.69, 9.17) is 5.73 Å². The van der Waals surface area contributed by atoms with Crippen LogP contribution in [0.15, 0.2) is 18.3 Å². The van der Waals surface area contributed by atoms with Crippen LogP contribution in [0.5, 0.6) is 0 Å². The van der Waals surface area contributed by atoms with Crippen LogP contribution in [0.1, 0.15) is 38.3 Å². The molecule has 2 rings (SSSR count). The van der Waals surface area contributed by atoms with Gasteiger partial charge in [0.2, 0.25) is 5.91 Å². The topological polar surface area (TPSA) is 71.2 Å². The van der Waals surface area contributed by atoms with Gasteiger partial charge in [-0.1, -0.05) is 6.07 Å². The van der Waals surface area contributed by atoms with Crippen LogP contribution in [0, 0.1) is 0 Å². The Bertz CT molecular complexity index is 439. The van der Waals surface area contributed by atoms with E-state index < -0.39 is 0 Å². The van der Waals surface area contributed by atoms with E-state index in [1.54, 1.807) is 13.1 Å². The molecule has 1 aromatic rings. The zero-order chi connectivity index (χ0) is 13.8. The molecule has 1 aliphatic rings. The fraction of sp³-hybridized carbons (Fsp3) is 0.571. The molecular formula is C14H22N4O. The fourth-order valence-corrected chi connectivity index (χ4v) is 2.55. The summed E-state index contributed by atoms with van der Waals surface area (Å²) >= 11 is 0. The number of nitrogens with one attached hydrogen (secondary N) is 1. The predicted octanol–water partition coefficient (Wildman–Crippen LogP) is 1.21. The van der Waals surface area contributed by atoms with E-state index in [1.165, 1.54) is 0 Å². The number of carbonyl (C=O) groups is 1. The highest BCUT2D eigenvalue weighted by Gasteiger charge is 2.22. The van der Waals surface area contributed by atoms with Crippen LogP contribution in [-0.2, 0) is 4.79 Å². The predicted molar refractivity (Wildman–Crippen MR) is 75.9 cm³/mol. The molecule has 0 aromatic carbocycles. The number of aromatic nitrogens is 1. The van der Waals surface area contributed by atoms with Gasteiger partial charge in [-0.05, 0) is 25.8 Å². The normalized spacial score (nSPS) is 18.2. The Kier molecular flexibility index (Phi) is 4.37. The number of nitrogens with two attached hydrogens (primary N) is 1. The lowest BCUT2D eigenvalue weighted by Crippen LogP contribution is -2.44. The number of anilines is 1. The second-order valence-corrected chi connectivity index (χ2v) is 5.17. The number of hydrogen-bond acceptors (Lipinski definition) is 4. The fourth-order valence-electron chi connectivity index (χ4n) is 2.55. The zero-order valence-electron chi connectivity index (χ0n) is 11.6. The second kappa shape index (κ2) is 6.02. The maximum atomic E-state index is 11.1. The van der Waals surface area contributed by atoms with Crippen molar-refractivity contribution in [3.8, 4) is 0 Å². The molecule has 1 atom stereocenters. The molecule has 5 heteroatoms. The number of piperidine rings is 1. The number of pyridine rings is 1. The molecule has 1 aromatic heterocycles. The van der Waals surface area contributed by atoms with Crippen molar-refractivity contribution in [2.24, 2.45) is 5.73 Å². The molecule has 0 saturated carbocycles. The molecule has 104 valence electrons. The number of rotatable bonds is 3. The van der Waals surface area contributed by atoms with Crippen molar-refractivity contribution in [1.82, 2.24) is 10.3 Å². The highest BCUT2D eigenvalue weighted by Crippen LogP contribution is 2.25. The third-order valence-electron chi connectivity index (χ3n) is 3.51. The van der Waals surface area contributed by atoms with Crippen molar-refractivity contribution in [2.45, 2.75) is 38.8 Å². The number of hydrogen-bond donors (Lipinski definition) is 2. The Labute approximate surface area is 114 Å². The molecule has 0 radical (unpaired) electrons. The maximum absolute atomic E-state index is 11.1. The molecular weight excluding hydrogens is 240 g/mol. The van der Waals surface area contributed by atoms with Gasteiger partial charge in [-0.3, -0.25) is 4.79 Å². The van der Waals surface area contributed by atoms with Crippen LogP contribution < -0.4 is 16.0 Å². The Balaban J connectivity index is 2.03. The summed E-state index contributed by atoms with van der Waals surface area (Å²) in [4.78, 5) is 17.8. The first-order valence-corrected chi connectivity index (χ1v) is 6.80. The Hall–Kier alpha value is -1.62. The van der Waals surface area contributed by atoms with Crippen LogP contribution in [-0.4, -0.2) is 30.0 Å². The Morgan fingerprint density at radius 2 is 2.21 bits per heavy atom. The summed E-state index contributed by atoms with van der Waals surface area (Å²) in [5, 5.41) is 2.98. The molecule has 19 heavy (non-hydrogen) atoms. The van der Waals surface area contributed by atoms with E-state index in [0.29, 0.717) is 0 Å². The van der Waals surface area contributed by atoms with Crippen molar-refractivity contribution in [1.29, 1.82) is 0 Å². The van der Waals surface area contributed by atoms with E-state index in [1.807, 2.05) is 19.1 Å². The van der Waals surface area contributed by atoms with Crippen LogP contribution in [0.25, 0.3) is 0 Å². The highest BCUT2D eigenvalue weighted by molar-refractivity contribution is 5.73. The zero-order valence-corrected chi connectivity index (χ0v) is 11.6. The van der Waals surface area contributed by atoms with Crippen molar-refractivity contribution in [3.05, 3.63) is 23.9 Å². The van der Waals surface area contributed by atoms with Crippen molar-refractivity contribution >= 4 is 11.7 Å². The van der Waals surface area contributed by atoms with Crippen molar-refractivity contribution in [2.75, 3.05) is 18.0 Å². The van der Waals surface area contributed by atoms with Crippen LogP contribution >= 0.6 is 0 Å². The third kappa shape index (κ3) is 3.44. The molecule has 0 spiro atoms. The van der Waals surface area contributed by atoms with Gasteiger partial charge in [-0.25, -0.2) is 4.98 Å². The van der Waals surface area contributed by atoms with Gasteiger partial charge in [0.1, 0.15) is 5.82 Å². The minimum Gasteiger partial charge on any atom is -0.356 e. The van der Waals surface area contributed by atoms with Gasteiger partial charge >= 0.3 is 0 Å². The minimum absolute atomic E-state index is 0.0169. The van der Waals surface area contributed by atoms with E-state index in [9.17, 15) is 4.79 Å². The molecule has 1 fully saturated rings. The molecule has 1 amide bonds. The standard InChI is InChI=1S/C14H22N4O/c1-10(15)13-4-3-7-16-14(13)18-8-5-12(6-9-18)17-11(2)19/h3-4,7,10,12H,5-6,8-9,15H2,1-2H3,(H,17,19). The largest absolute Gasteiger partial charge is 0.356 e. The smallest absolute Gasteiger partial charge is 0.217 e. The molecule has 2 heterocycles. The first-order chi connectivity index (χ1) is 9.08. The average molecular weight is 262 g/mol. The van der Waals surface area contributed by atoms with E-state index in [0.717, 1.165) is 37.3 Å². The average Bonchev–Trinajstić information content (AvgIpc) is 2.39. The summed E-state index contributed by atoms with van der Waals surface area (Å²) in [5.41, 5.74) is 7.07. The monoisotopic (exact) mass is 262 g/mol. The van der Waals surface area contributed by atoms with Crippen LogP contribution in [0.3, 0.4) is 0 Å². The van der Waals surface area contributed by atoms with Gasteiger partial charge in [-0.2, -0.15) is 0 Å². The summed E-state index contributed by atoms with van der Waals surface area (Å²) in [7, 11) is 0. The first-order valence-electron chi connectivity index (χ1n) is 6.80. The Morgan fingerprint density at radius 3 is 2.79 bits per heavy atom. The van der Waals surface area contributed by atoms with Crippen molar-refractivity contribution < 1.29 is 4.79 Å². The molecule has 1 saturated heterocycles. The van der Waals surface area contributed by atoms with Crippen LogP contribution in [0.4, 0.5) is 5.82 Å². The first kappa shape index (κ1) is 13.8. The van der Waals surface area contributed by atoms with Gasteiger partial charge in [0.05, 0.1) is 0 Å². The quantitative estimate of drug-likeness (QED) is 0.859. The number of nitrogens with zero attached hydrogens (tertiary/aromatic N) is 2. The van der Waals surface area contributed by atoms with Gasteiger partial charge < -0.3 is 16.0 Å². The summed E-state index contributed by atoms with van der Waals surface area (Å²) in [6, 6.07) is 4.23. The summed E-state index contributed by atoms with van der Waals surface area (Å²) in [6.45, 7) is 5.35. The lowest BCUT2D eigenvalue weighted by Gasteiger charge is -2.34. The molecule has 0 bridgehead atoms. The SMILES string of the molecule is CC(=O)NC1CCN(c2ncccc2C(C)N)CC1. The van der Waals surface area contributed by atoms with Crippen LogP contribution in [0.2, 0.25) is 0 Å². The summed E-state index contributed by atoms with van der Waals surface area (Å²) < 4.78 is 0.